The third-order valence-electron chi connectivity index (χ3n) is 4.65. The first-order valence-electron chi connectivity index (χ1n) is 9.96. The smallest absolute Gasteiger partial charge is 0.339 e. The summed E-state index contributed by atoms with van der Waals surface area (Å²) < 4.78 is 29.9. The highest BCUT2D eigenvalue weighted by Gasteiger charge is 2.16. The summed E-state index contributed by atoms with van der Waals surface area (Å²) >= 11 is 0. The van der Waals surface area contributed by atoms with Crippen molar-refractivity contribution in [3.05, 3.63) is 78.0 Å². The molecular weight excluding hydrogens is 368 g/mol. The van der Waals surface area contributed by atoms with Crippen molar-refractivity contribution in [1.29, 1.82) is 0 Å². The Morgan fingerprint density at radius 2 is 1.50 bits per heavy atom. The minimum Gasteiger partial charge on any atom is -0.379 e. The van der Waals surface area contributed by atoms with Gasteiger partial charge in [0.2, 0.25) is 0 Å². The summed E-state index contributed by atoms with van der Waals surface area (Å²) in [6, 6.07) is 14.0. The second-order valence-corrected chi connectivity index (χ2v) is 8.61. The van der Waals surface area contributed by atoms with Gasteiger partial charge in [-0.3, -0.25) is 0 Å². The molecule has 0 saturated heterocycles. The van der Waals surface area contributed by atoms with Gasteiger partial charge in [-0.05, 0) is 68.5 Å². The van der Waals surface area contributed by atoms with Crippen LogP contribution in [-0.2, 0) is 16.5 Å². The normalized spacial score (nSPS) is 11.0. The van der Waals surface area contributed by atoms with Crippen molar-refractivity contribution >= 4 is 10.1 Å². The molecule has 4 heteroatoms. The van der Waals surface area contributed by atoms with Gasteiger partial charge in [0, 0.05) is 0 Å². The van der Waals surface area contributed by atoms with E-state index in [9.17, 15) is 8.42 Å². The largest absolute Gasteiger partial charge is 0.379 e. The molecule has 28 heavy (non-hydrogen) atoms. The molecular formula is C24H30O3S. The van der Waals surface area contributed by atoms with Crippen LogP contribution in [0.5, 0.6) is 5.75 Å². The lowest BCUT2D eigenvalue weighted by molar-refractivity contribution is 0.486. The molecule has 0 aliphatic heterocycles. The van der Waals surface area contributed by atoms with Gasteiger partial charge in [0.15, 0.2) is 0 Å². The summed E-state index contributed by atoms with van der Waals surface area (Å²) in [7, 11) is -3.79. The van der Waals surface area contributed by atoms with Crippen molar-refractivity contribution in [3.8, 4) is 5.75 Å². The summed E-state index contributed by atoms with van der Waals surface area (Å²) in [5.41, 5.74) is 5.02. The average molecular weight is 399 g/mol. The Morgan fingerprint density at radius 1 is 0.893 bits per heavy atom. The maximum Gasteiger partial charge on any atom is 0.339 e. The van der Waals surface area contributed by atoms with Crippen LogP contribution in [0.15, 0.2) is 71.8 Å². The number of benzene rings is 2. The number of unbranched alkanes of at least 4 members (excludes halogenated alkanes) is 6. The van der Waals surface area contributed by atoms with Gasteiger partial charge in [-0.25, -0.2) is 0 Å². The molecule has 150 valence electrons. The van der Waals surface area contributed by atoms with Gasteiger partial charge in [0.25, 0.3) is 0 Å². The van der Waals surface area contributed by atoms with Gasteiger partial charge >= 0.3 is 10.1 Å². The lowest BCUT2D eigenvalue weighted by Crippen LogP contribution is -2.09. The number of allylic oxidation sites excluding steroid dienone is 1. The third-order valence-corrected chi connectivity index (χ3v) is 5.91. The molecule has 0 heterocycles. The fourth-order valence-corrected chi connectivity index (χ4v) is 3.91. The predicted octanol–water partition coefficient (Wildman–Crippen LogP) is 6.38. The van der Waals surface area contributed by atoms with Crippen LogP contribution in [0.1, 0.15) is 56.1 Å². The van der Waals surface area contributed by atoms with E-state index >= 15 is 0 Å². The van der Waals surface area contributed by atoms with Crippen molar-refractivity contribution in [2.45, 2.75) is 63.2 Å². The Balaban J connectivity index is 1.72. The SMILES string of the molecule is C=C=CCCCCCCCCc1ccc(OS(=O)(=O)c2ccc(C)cc2)cc1. The van der Waals surface area contributed by atoms with Crippen LogP contribution >= 0.6 is 0 Å². The van der Waals surface area contributed by atoms with Crippen LogP contribution in [0.3, 0.4) is 0 Å². The molecule has 0 aliphatic rings. The van der Waals surface area contributed by atoms with E-state index in [1.807, 2.05) is 25.1 Å². The summed E-state index contributed by atoms with van der Waals surface area (Å²) in [4.78, 5) is 0.169. The Bertz CT molecular complexity index is 859. The van der Waals surface area contributed by atoms with E-state index in [0.29, 0.717) is 5.75 Å². The zero-order valence-corrected chi connectivity index (χ0v) is 17.5. The van der Waals surface area contributed by atoms with E-state index in [1.54, 1.807) is 36.4 Å². The van der Waals surface area contributed by atoms with Crippen LogP contribution in [0, 0.1) is 6.92 Å². The first-order valence-corrected chi connectivity index (χ1v) is 11.4. The second kappa shape index (κ2) is 11.5. The lowest BCUT2D eigenvalue weighted by Gasteiger charge is -2.08. The zero-order valence-electron chi connectivity index (χ0n) is 16.7. The average Bonchev–Trinajstić information content (AvgIpc) is 2.68. The molecule has 0 atom stereocenters. The van der Waals surface area contributed by atoms with E-state index in [4.69, 9.17) is 4.18 Å². The lowest BCUT2D eigenvalue weighted by atomic mass is 10.0. The summed E-state index contributed by atoms with van der Waals surface area (Å²) in [5, 5.41) is 0. The van der Waals surface area contributed by atoms with E-state index < -0.39 is 10.1 Å². The second-order valence-electron chi connectivity index (χ2n) is 7.06. The molecule has 0 fully saturated rings. The van der Waals surface area contributed by atoms with Gasteiger partial charge in [0.05, 0.1) is 0 Å². The number of hydrogen-bond acceptors (Lipinski definition) is 3. The summed E-state index contributed by atoms with van der Waals surface area (Å²) in [6.45, 7) is 5.48. The van der Waals surface area contributed by atoms with Crippen molar-refractivity contribution in [2.24, 2.45) is 0 Å². The van der Waals surface area contributed by atoms with Gasteiger partial charge in [-0.15, -0.1) is 5.73 Å². The molecule has 3 nitrogen and oxygen atoms in total. The Morgan fingerprint density at radius 3 is 2.14 bits per heavy atom. The zero-order chi connectivity index (χ0) is 20.2. The van der Waals surface area contributed by atoms with Crippen molar-refractivity contribution in [2.75, 3.05) is 0 Å². The Hall–Kier alpha value is -2.29. The first kappa shape index (κ1) is 22.0. The van der Waals surface area contributed by atoms with Crippen LogP contribution in [0.25, 0.3) is 0 Å². The van der Waals surface area contributed by atoms with E-state index in [0.717, 1.165) is 24.8 Å². The number of aryl methyl sites for hydroxylation is 2. The van der Waals surface area contributed by atoms with Crippen LogP contribution in [0.4, 0.5) is 0 Å². The molecule has 2 aromatic rings. The van der Waals surface area contributed by atoms with Crippen LogP contribution in [-0.4, -0.2) is 8.42 Å². The molecule has 2 rings (SSSR count). The van der Waals surface area contributed by atoms with Crippen molar-refractivity contribution < 1.29 is 12.6 Å². The van der Waals surface area contributed by atoms with E-state index in [2.05, 4.69) is 12.3 Å². The van der Waals surface area contributed by atoms with Gasteiger partial charge in [-0.1, -0.05) is 62.1 Å². The quantitative estimate of drug-likeness (QED) is 0.237. The highest BCUT2D eigenvalue weighted by molar-refractivity contribution is 7.87. The third kappa shape index (κ3) is 7.75. The molecule has 0 saturated carbocycles. The Kier molecular flexibility index (Phi) is 9.06. The molecule has 0 amide bonds. The molecule has 0 bridgehead atoms. The standard InChI is InChI=1S/C24H30O3S/c1-3-4-5-6-7-8-9-10-11-12-22-15-17-23(18-16-22)27-28(25,26)24-19-13-21(2)14-20-24/h4,13-20H,1,5-12H2,2H3. The van der Waals surface area contributed by atoms with Crippen molar-refractivity contribution in [3.63, 3.8) is 0 Å². The summed E-state index contributed by atoms with van der Waals surface area (Å²) in [6.07, 6.45) is 11.5. The molecule has 0 N–H and O–H groups in total. The Labute approximate surface area is 169 Å². The van der Waals surface area contributed by atoms with Gasteiger partial charge in [-0.2, -0.15) is 8.42 Å². The van der Waals surface area contributed by atoms with Gasteiger partial charge < -0.3 is 4.18 Å². The highest BCUT2D eigenvalue weighted by Crippen LogP contribution is 2.20. The predicted molar refractivity (Wildman–Crippen MR) is 115 cm³/mol. The minimum absolute atomic E-state index is 0.169. The van der Waals surface area contributed by atoms with E-state index in [-0.39, 0.29) is 4.90 Å². The van der Waals surface area contributed by atoms with Crippen LogP contribution < -0.4 is 4.18 Å². The fraction of sp³-hybridized carbons (Fsp3) is 0.375. The van der Waals surface area contributed by atoms with Gasteiger partial charge in [0.1, 0.15) is 10.6 Å². The first-order chi connectivity index (χ1) is 13.5. The molecule has 0 unspecified atom stereocenters. The highest BCUT2D eigenvalue weighted by atomic mass is 32.2. The van der Waals surface area contributed by atoms with Crippen LogP contribution in [0.2, 0.25) is 0 Å². The maximum absolute atomic E-state index is 12.3. The molecule has 0 spiro atoms. The number of rotatable bonds is 12. The maximum atomic E-state index is 12.3. The molecule has 0 aliphatic carbocycles. The fourth-order valence-electron chi connectivity index (χ4n) is 2.98. The minimum atomic E-state index is -3.79. The van der Waals surface area contributed by atoms with Crippen molar-refractivity contribution in [1.82, 2.24) is 0 Å². The molecule has 0 radical (unpaired) electrons. The topological polar surface area (TPSA) is 43.4 Å². The summed E-state index contributed by atoms with van der Waals surface area (Å²) in [5.74, 6) is 0.345. The molecule has 2 aromatic carbocycles. The number of hydrogen-bond donors (Lipinski definition) is 0. The molecule has 0 aromatic heterocycles. The monoisotopic (exact) mass is 398 g/mol. The van der Waals surface area contributed by atoms with E-state index in [1.165, 1.54) is 37.7 Å².